The first-order valence-electron chi connectivity index (χ1n) is 6.54. The number of carbonyl (C=O) groups is 2. The van der Waals surface area contributed by atoms with Crippen molar-refractivity contribution in [3.05, 3.63) is 29.8 Å². The molecule has 0 aliphatic heterocycles. The Morgan fingerprint density at radius 3 is 2.29 bits per heavy atom. The zero-order valence-corrected chi connectivity index (χ0v) is 13.5. The summed E-state index contributed by atoms with van der Waals surface area (Å²) in [6, 6.07) is 6.86. The van der Waals surface area contributed by atoms with Crippen molar-refractivity contribution in [2.24, 2.45) is 5.73 Å². The van der Waals surface area contributed by atoms with Gasteiger partial charge in [0.1, 0.15) is 5.60 Å². The summed E-state index contributed by atoms with van der Waals surface area (Å²) >= 11 is 1.35. The highest BCUT2D eigenvalue weighted by Crippen LogP contribution is 2.23. The summed E-state index contributed by atoms with van der Waals surface area (Å²) in [6.45, 7) is 5.44. The van der Waals surface area contributed by atoms with Crippen LogP contribution in [0, 0.1) is 0 Å². The Balaban J connectivity index is 2.53. The molecule has 116 valence electrons. The van der Waals surface area contributed by atoms with Crippen molar-refractivity contribution in [2.45, 2.75) is 43.1 Å². The molecule has 1 rings (SSSR count). The predicted molar refractivity (Wildman–Crippen MR) is 82.1 cm³/mol. The smallest absolute Gasteiger partial charge is 0.337 e. The fourth-order valence-corrected chi connectivity index (χ4v) is 2.41. The fraction of sp³-hybridized carbons (Fsp3) is 0.467. The van der Waals surface area contributed by atoms with Crippen LogP contribution in [-0.2, 0) is 14.3 Å². The molecule has 0 aliphatic rings. The number of thioether (sulfide) groups is 1. The van der Waals surface area contributed by atoms with Gasteiger partial charge in [-0.25, -0.2) is 4.79 Å². The minimum atomic E-state index is -0.510. The number of hydrogen-bond acceptors (Lipinski definition) is 6. The Kier molecular flexibility index (Phi) is 6.23. The highest BCUT2D eigenvalue weighted by Gasteiger charge is 2.19. The Hall–Kier alpha value is -1.53. The van der Waals surface area contributed by atoms with Crippen molar-refractivity contribution < 1.29 is 19.1 Å². The summed E-state index contributed by atoms with van der Waals surface area (Å²) in [5, 5.41) is -0.399. The summed E-state index contributed by atoms with van der Waals surface area (Å²) in [6.07, 6.45) is 0.126. The monoisotopic (exact) mass is 311 g/mol. The van der Waals surface area contributed by atoms with Crippen LogP contribution in [-0.4, -0.2) is 30.0 Å². The molecule has 0 bridgehead atoms. The number of nitrogens with two attached hydrogens (primary N) is 1. The summed E-state index contributed by atoms with van der Waals surface area (Å²) < 4.78 is 9.84. The van der Waals surface area contributed by atoms with Crippen LogP contribution >= 0.6 is 11.8 Å². The van der Waals surface area contributed by atoms with Crippen LogP contribution in [0.15, 0.2) is 29.2 Å². The molecule has 2 N–H and O–H groups in total. The summed E-state index contributed by atoms with van der Waals surface area (Å²) in [7, 11) is 1.34. The molecule has 0 saturated heterocycles. The SMILES string of the molecule is COC(=O)c1ccc(SC(N)CC(=O)OC(C)(C)C)cc1. The molecule has 0 amide bonds. The summed E-state index contributed by atoms with van der Waals surface area (Å²) in [4.78, 5) is 23.8. The normalized spacial score (nSPS) is 12.6. The molecule has 5 nitrogen and oxygen atoms in total. The molecule has 0 radical (unpaired) electrons. The second-order valence-electron chi connectivity index (χ2n) is 5.46. The topological polar surface area (TPSA) is 78.6 Å². The average molecular weight is 311 g/mol. The van der Waals surface area contributed by atoms with Gasteiger partial charge in [0.2, 0.25) is 0 Å². The maximum atomic E-state index is 11.7. The van der Waals surface area contributed by atoms with Gasteiger partial charge in [-0.3, -0.25) is 4.79 Å². The zero-order valence-electron chi connectivity index (χ0n) is 12.7. The summed E-state index contributed by atoms with van der Waals surface area (Å²) in [5.74, 6) is -0.710. The van der Waals surface area contributed by atoms with Gasteiger partial charge < -0.3 is 15.2 Å². The first kappa shape index (κ1) is 17.5. The van der Waals surface area contributed by atoms with Crippen LogP contribution in [0.4, 0.5) is 0 Å². The van der Waals surface area contributed by atoms with E-state index in [1.54, 1.807) is 24.3 Å². The van der Waals surface area contributed by atoms with Crippen LogP contribution in [0.5, 0.6) is 0 Å². The van der Waals surface area contributed by atoms with Gasteiger partial charge in [0.25, 0.3) is 0 Å². The Morgan fingerprint density at radius 1 is 1.24 bits per heavy atom. The maximum Gasteiger partial charge on any atom is 0.337 e. The van der Waals surface area contributed by atoms with Gasteiger partial charge in [0.05, 0.1) is 24.5 Å². The lowest BCUT2D eigenvalue weighted by Gasteiger charge is -2.20. The van der Waals surface area contributed by atoms with E-state index in [2.05, 4.69) is 4.74 Å². The van der Waals surface area contributed by atoms with Crippen LogP contribution < -0.4 is 5.73 Å². The van der Waals surface area contributed by atoms with Crippen molar-refractivity contribution in [1.29, 1.82) is 0 Å². The van der Waals surface area contributed by atoms with Gasteiger partial charge in [-0.05, 0) is 45.0 Å². The van der Waals surface area contributed by atoms with Crippen molar-refractivity contribution in [3.63, 3.8) is 0 Å². The van der Waals surface area contributed by atoms with E-state index in [0.717, 1.165) is 4.90 Å². The van der Waals surface area contributed by atoms with Gasteiger partial charge in [-0.2, -0.15) is 0 Å². The van der Waals surface area contributed by atoms with Crippen LogP contribution in [0.1, 0.15) is 37.6 Å². The first-order valence-corrected chi connectivity index (χ1v) is 7.41. The number of methoxy groups -OCH3 is 1. The third-order valence-corrected chi connectivity index (χ3v) is 3.36. The zero-order chi connectivity index (χ0) is 16.0. The third kappa shape index (κ3) is 6.64. The molecular formula is C15H21NO4S. The fourth-order valence-electron chi connectivity index (χ4n) is 1.55. The molecule has 0 saturated carbocycles. The molecule has 21 heavy (non-hydrogen) atoms. The van der Waals surface area contributed by atoms with Crippen LogP contribution in [0.25, 0.3) is 0 Å². The number of benzene rings is 1. The van der Waals surface area contributed by atoms with E-state index in [9.17, 15) is 9.59 Å². The number of carbonyl (C=O) groups excluding carboxylic acids is 2. The van der Waals surface area contributed by atoms with Crippen molar-refractivity contribution >= 4 is 23.7 Å². The van der Waals surface area contributed by atoms with E-state index in [-0.39, 0.29) is 18.4 Å². The highest BCUT2D eigenvalue weighted by atomic mass is 32.2. The van der Waals surface area contributed by atoms with Crippen LogP contribution in [0.3, 0.4) is 0 Å². The van der Waals surface area contributed by atoms with Gasteiger partial charge in [-0.1, -0.05) is 0 Å². The Bertz CT molecular complexity index is 493. The number of hydrogen-bond donors (Lipinski definition) is 1. The van der Waals surface area contributed by atoms with Gasteiger partial charge in [0, 0.05) is 4.90 Å². The van der Waals surface area contributed by atoms with E-state index in [4.69, 9.17) is 10.5 Å². The molecule has 0 aromatic heterocycles. The molecule has 1 unspecified atom stereocenters. The third-order valence-electron chi connectivity index (χ3n) is 2.35. The first-order chi connectivity index (χ1) is 9.71. The van der Waals surface area contributed by atoms with E-state index in [0.29, 0.717) is 5.56 Å². The maximum absolute atomic E-state index is 11.7. The quantitative estimate of drug-likeness (QED) is 0.511. The van der Waals surface area contributed by atoms with Crippen LogP contribution in [0.2, 0.25) is 0 Å². The molecule has 0 aliphatic carbocycles. The molecule has 6 heteroatoms. The molecular weight excluding hydrogens is 290 g/mol. The predicted octanol–water partition coefficient (Wildman–Crippen LogP) is 2.58. The molecule has 1 aromatic rings. The molecule has 0 heterocycles. The molecule has 1 atom stereocenters. The average Bonchev–Trinajstić information content (AvgIpc) is 2.36. The lowest BCUT2D eigenvalue weighted by molar-refractivity contribution is -0.154. The second-order valence-corrected chi connectivity index (χ2v) is 6.78. The number of esters is 2. The van der Waals surface area contributed by atoms with Gasteiger partial charge >= 0.3 is 11.9 Å². The lowest BCUT2D eigenvalue weighted by Crippen LogP contribution is -2.28. The largest absolute Gasteiger partial charge is 0.465 e. The van der Waals surface area contributed by atoms with Crippen molar-refractivity contribution in [2.75, 3.05) is 7.11 Å². The molecule has 0 fully saturated rings. The minimum absolute atomic E-state index is 0.126. The Morgan fingerprint density at radius 2 is 1.81 bits per heavy atom. The Labute approximate surface area is 129 Å². The van der Waals surface area contributed by atoms with E-state index in [1.165, 1.54) is 18.9 Å². The number of rotatable bonds is 5. The van der Waals surface area contributed by atoms with E-state index in [1.807, 2.05) is 20.8 Å². The van der Waals surface area contributed by atoms with Crippen molar-refractivity contribution in [1.82, 2.24) is 0 Å². The standard InChI is InChI=1S/C15H21NO4S/c1-15(2,3)20-13(17)9-12(16)21-11-7-5-10(6-8-11)14(18)19-4/h5-8,12H,9,16H2,1-4H3. The summed E-state index contributed by atoms with van der Waals surface area (Å²) in [5.41, 5.74) is 5.88. The van der Waals surface area contributed by atoms with E-state index >= 15 is 0 Å². The lowest BCUT2D eigenvalue weighted by atomic mass is 10.2. The second kappa shape index (κ2) is 7.47. The molecule has 0 spiro atoms. The van der Waals surface area contributed by atoms with E-state index < -0.39 is 11.0 Å². The molecule has 1 aromatic carbocycles. The van der Waals surface area contributed by atoms with Gasteiger partial charge in [-0.15, -0.1) is 11.8 Å². The van der Waals surface area contributed by atoms with Crippen molar-refractivity contribution in [3.8, 4) is 0 Å². The number of ether oxygens (including phenoxy) is 2. The highest BCUT2D eigenvalue weighted by molar-refractivity contribution is 7.99. The minimum Gasteiger partial charge on any atom is -0.465 e. The van der Waals surface area contributed by atoms with Gasteiger partial charge in [0.15, 0.2) is 0 Å².